The van der Waals surface area contributed by atoms with Gasteiger partial charge in [0.15, 0.2) is 0 Å². The van der Waals surface area contributed by atoms with Crippen molar-refractivity contribution < 1.29 is 19.4 Å². The summed E-state index contributed by atoms with van der Waals surface area (Å²) in [6.45, 7) is 7.35. The average Bonchev–Trinajstić information content (AvgIpc) is 2.28. The van der Waals surface area contributed by atoms with Crippen molar-refractivity contribution in [3.8, 4) is 5.75 Å². The SMILES string of the molecule is CCN(C(C)c1ccc(F)cc1O)C(C)(C)C(=O)O. The Morgan fingerprint density at radius 3 is 2.47 bits per heavy atom. The molecule has 0 saturated heterocycles. The molecule has 0 aromatic heterocycles. The van der Waals surface area contributed by atoms with E-state index >= 15 is 0 Å². The van der Waals surface area contributed by atoms with Crippen molar-refractivity contribution in [2.24, 2.45) is 0 Å². The summed E-state index contributed by atoms with van der Waals surface area (Å²) in [4.78, 5) is 13.1. The highest BCUT2D eigenvalue weighted by atomic mass is 19.1. The van der Waals surface area contributed by atoms with Crippen molar-refractivity contribution in [1.82, 2.24) is 4.90 Å². The number of nitrogens with zero attached hydrogens (tertiary/aromatic N) is 1. The fraction of sp³-hybridized carbons (Fsp3) is 0.500. The molecule has 1 atom stereocenters. The molecule has 0 radical (unpaired) electrons. The number of carboxylic acids is 1. The molecule has 1 unspecified atom stereocenters. The van der Waals surface area contributed by atoms with Crippen molar-refractivity contribution in [2.75, 3.05) is 6.54 Å². The van der Waals surface area contributed by atoms with E-state index in [9.17, 15) is 19.4 Å². The number of likely N-dealkylation sites (N-methyl/N-ethyl adjacent to an activating group) is 1. The Bertz CT molecular complexity index is 474. The largest absolute Gasteiger partial charge is 0.508 e. The third kappa shape index (κ3) is 3.04. The number of phenolic OH excluding ortho intramolecular Hbond substituents is 1. The van der Waals surface area contributed by atoms with Gasteiger partial charge < -0.3 is 10.2 Å². The second-order valence-corrected chi connectivity index (χ2v) is 5.03. The van der Waals surface area contributed by atoms with Gasteiger partial charge in [-0.25, -0.2) is 4.39 Å². The highest BCUT2D eigenvalue weighted by Crippen LogP contribution is 2.33. The van der Waals surface area contributed by atoms with Gasteiger partial charge in [0.25, 0.3) is 0 Å². The van der Waals surface area contributed by atoms with Crippen LogP contribution in [0.15, 0.2) is 18.2 Å². The van der Waals surface area contributed by atoms with Crippen LogP contribution < -0.4 is 0 Å². The van der Waals surface area contributed by atoms with E-state index in [1.807, 2.05) is 6.92 Å². The molecule has 0 aliphatic heterocycles. The molecule has 0 fully saturated rings. The van der Waals surface area contributed by atoms with Gasteiger partial charge in [0, 0.05) is 17.7 Å². The zero-order valence-electron chi connectivity index (χ0n) is 11.6. The molecule has 0 amide bonds. The van der Waals surface area contributed by atoms with Crippen LogP contribution in [0, 0.1) is 5.82 Å². The van der Waals surface area contributed by atoms with Crippen LogP contribution >= 0.6 is 0 Å². The fourth-order valence-electron chi connectivity index (χ4n) is 2.31. The first-order chi connectivity index (χ1) is 8.71. The lowest BCUT2D eigenvalue weighted by molar-refractivity contribution is -0.150. The summed E-state index contributed by atoms with van der Waals surface area (Å²) in [7, 11) is 0. The Labute approximate surface area is 112 Å². The maximum absolute atomic E-state index is 13.0. The van der Waals surface area contributed by atoms with Gasteiger partial charge in [0.1, 0.15) is 17.1 Å². The number of aliphatic carboxylic acids is 1. The van der Waals surface area contributed by atoms with Gasteiger partial charge in [-0.2, -0.15) is 0 Å². The molecule has 19 heavy (non-hydrogen) atoms. The number of hydrogen-bond acceptors (Lipinski definition) is 3. The van der Waals surface area contributed by atoms with Crippen molar-refractivity contribution >= 4 is 5.97 Å². The Morgan fingerprint density at radius 1 is 1.47 bits per heavy atom. The van der Waals surface area contributed by atoms with Crippen LogP contribution in [0.4, 0.5) is 4.39 Å². The van der Waals surface area contributed by atoms with Gasteiger partial charge in [-0.3, -0.25) is 9.69 Å². The van der Waals surface area contributed by atoms with Crippen LogP contribution in [-0.4, -0.2) is 33.2 Å². The minimum atomic E-state index is -1.07. The molecule has 2 N–H and O–H groups in total. The Balaban J connectivity index is 3.15. The van der Waals surface area contributed by atoms with E-state index in [4.69, 9.17) is 0 Å². The van der Waals surface area contributed by atoms with E-state index in [0.29, 0.717) is 12.1 Å². The second-order valence-electron chi connectivity index (χ2n) is 5.03. The Hall–Kier alpha value is -1.62. The molecule has 0 aliphatic rings. The molecule has 0 heterocycles. The molecule has 5 heteroatoms. The Morgan fingerprint density at radius 2 is 2.05 bits per heavy atom. The molecule has 1 aromatic rings. The first-order valence-electron chi connectivity index (χ1n) is 6.20. The maximum Gasteiger partial charge on any atom is 0.323 e. The average molecular weight is 269 g/mol. The second kappa shape index (κ2) is 5.57. The summed E-state index contributed by atoms with van der Waals surface area (Å²) in [6, 6.07) is 3.44. The smallest absolute Gasteiger partial charge is 0.323 e. The van der Waals surface area contributed by atoms with Gasteiger partial charge >= 0.3 is 5.97 Å². The topological polar surface area (TPSA) is 60.8 Å². The number of carbonyl (C=O) groups is 1. The highest BCUT2D eigenvalue weighted by Gasteiger charge is 2.37. The van der Waals surface area contributed by atoms with E-state index in [1.165, 1.54) is 12.1 Å². The lowest BCUT2D eigenvalue weighted by Gasteiger charge is -2.39. The molecule has 1 rings (SSSR count). The standard InChI is InChI=1S/C14H20FNO3/c1-5-16(14(3,4)13(18)19)9(2)11-7-6-10(15)8-12(11)17/h6-9,17H,5H2,1-4H3,(H,18,19). The zero-order valence-corrected chi connectivity index (χ0v) is 11.6. The summed E-state index contributed by atoms with van der Waals surface area (Å²) in [5.74, 6) is -1.62. The van der Waals surface area contributed by atoms with E-state index in [-0.39, 0.29) is 11.8 Å². The monoisotopic (exact) mass is 269 g/mol. The van der Waals surface area contributed by atoms with Gasteiger partial charge in [-0.05, 0) is 33.4 Å². The molecule has 0 spiro atoms. The van der Waals surface area contributed by atoms with Crippen LogP contribution in [0.5, 0.6) is 5.75 Å². The fourth-order valence-corrected chi connectivity index (χ4v) is 2.31. The summed E-state index contributed by atoms with van der Waals surface area (Å²) in [5, 5.41) is 19.1. The predicted molar refractivity (Wildman–Crippen MR) is 70.6 cm³/mol. The number of rotatable bonds is 5. The number of halogens is 1. The zero-order chi connectivity index (χ0) is 14.8. The quantitative estimate of drug-likeness (QED) is 0.863. The first kappa shape index (κ1) is 15.4. The van der Waals surface area contributed by atoms with E-state index in [2.05, 4.69) is 0 Å². The van der Waals surface area contributed by atoms with Gasteiger partial charge in [-0.15, -0.1) is 0 Å². The summed E-state index contributed by atoms with van der Waals surface area (Å²) in [5.41, 5.74) is -0.563. The van der Waals surface area contributed by atoms with Crippen molar-refractivity contribution in [3.05, 3.63) is 29.6 Å². The summed E-state index contributed by atoms with van der Waals surface area (Å²) < 4.78 is 13.0. The Kier molecular flexibility index (Phi) is 4.52. The lowest BCUT2D eigenvalue weighted by Crippen LogP contribution is -2.51. The number of aromatic hydroxyl groups is 1. The maximum atomic E-state index is 13.0. The normalized spacial score (nSPS) is 13.6. The molecule has 0 saturated carbocycles. The third-order valence-electron chi connectivity index (χ3n) is 3.49. The van der Waals surface area contributed by atoms with Crippen LogP contribution in [0.1, 0.15) is 39.3 Å². The van der Waals surface area contributed by atoms with E-state index in [1.54, 1.807) is 25.7 Å². The van der Waals surface area contributed by atoms with Crippen LogP contribution in [-0.2, 0) is 4.79 Å². The first-order valence-corrected chi connectivity index (χ1v) is 6.20. The molecular weight excluding hydrogens is 249 g/mol. The van der Waals surface area contributed by atoms with Crippen LogP contribution in [0.25, 0.3) is 0 Å². The highest BCUT2D eigenvalue weighted by molar-refractivity contribution is 5.77. The number of benzene rings is 1. The van der Waals surface area contributed by atoms with Crippen LogP contribution in [0.3, 0.4) is 0 Å². The summed E-state index contributed by atoms with van der Waals surface area (Å²) in [6.07, 6.45) is 0. The van der Waals surface area contributed by atoms with Crippen molar-refractivity contribution in [3.63, 3.8) is 0 Å². The van der Waals surface area contributed by atoms with Gasteiger partial charge in [0.2, 0.25) is 0 Å². The van der Waals surface area contributed by atoms with Crippen molar-refractivity contribution in [1.29, 1.82) is 0 Å². The number of carboxylic acid groups (broad SMARTS) is 1. The molecule has 106 valence electrons. The van der Waals surface area contributed by atoms with Crippen molar-refractivity contribution in [2.45, 2.75) is 39.3 Å². The molecule has 1 aromatic carbocycles. The summed E-state index contributed by atoms with van der Waals surface area (Å²) >= 11 is 0. The predicted octanol–water partition coefficient (Wildman–Crippen LogP) is 2.78. The molecule has 4 nitrogen and oxygen atoms in total. The number of phenols is 1. The van der Waals surface area contributed by atoms with E-state index in [0.717, 1.165) is 6.07 Å². The minimum absolute atomic E-state index is 0.160. The molecular formula is C14H20FNO3. The van der Waals surface area contributed by atoms with Gasteiger partial charge in [0.05, 0.1) is 0 Å². The number of hydrogen-bond donors (Lipinski definition) is 2. The molecule has 0 aliphatic carbocycles. The van der Waals surface area contributed by atoms with Crippen LogP contribution in [0.2, 0.25) is 0 Å². The van der Waals surface area contributed by atoms with Gasteiger partial charge in [-0.1, -0.05) is 13.0 Å². The van der Waals surface area contributed by atoms with E-state index < -0.39 is 17.3 Å². The lowest BCUT2D eigenvalue weighted by atomic mass is 9.96. The third-order valence-corrected chi connectivity index (χ3v) is 3.49. The molecule has 0 bridgehead atoms. The minimum Gasteiger partial charge on any atom is -0.508 e.